The SMILES string of the molecule is CCOC1(CNC)CCN(CC)C1. The number of likely N-dealkylation sites (N-methyl/N-ethyl adjacent to an activating group) is 2. The fourth-order valence-electron chi connectivity index (χ4n) is 2.14. The van der Waals surface area contributed by atoms with Gasteiger partial charge < -0.3 is 15.0 Å². The Morgan fingerprint density at radius 1 is 1.46 bits per heavy atom. The summed E-state index contributed by atoms with van der Waals surface area (Å²) >= 11 is 0. The summed E-state index contributed by atoms with van der Waals surface area (Å²) in [5.41, 5.74) is 0.0828. The second kappa shape index (κ2) is 4.94. The first-order valence-electron chi connectivity index (χ1n) is 5.27. The molecule has 1 saturated heterocycles. The molecule has 0 aromatic rings. The monoisotopic (exact) mass is 186 g/mol. The van der Waals surface area contributed by atoms with Gasteiger partial charge in [0.15, 0.2) is 0 Å². The van der Waals surface area contributed by atoms with Gasteiger partial charge >= 0.3 is 0 Å². The van der Waals surface area contributed by atoms with E-state index in [2.05, 4.69) is 24.1 Å². The summed E-state index contributed by atoms with van der Waals surface area (Å²) in [5, 5.41) is 3.23. The van der Waals surface area contributed by atoms with Gasteiger partial charge in [0.1, 0.15) is 0 Å². The molecule has 1 fully saturated rings. The van der Waals surface area contributed by atoms with Crippen LogP contribution in [-0.2, 0) is 4.74 Å². The smallest absolute Gasteiger partial charge is 0.0944 e. The van der Waals surface area contributed by atoms with Gasteiger partial charge in [-0.25, -0.2) is 0 Å². The average Bonchev–Trinajstić information content (AvgIpc) is 2.50. The Hall–Kier alpha value is -0.120. The zero-order chi connectivity index (χ0) is 9.73. The zero-order valence-corrected chi connectivity index (χ0v) is 9.10. The van der Waals surface area contributed by atoms with E-state index in [9.17, 15) is 0 Å². The molecule has 0 aromatic heterocycles. The quantitative estimate of drug-likeness (QED) is 0.684. The minimum absolute atomic E-state index is 0.0828. The van der Waals surface area contributed by atoms with E-state index in [0.29, 0.717) is 0 Å². The van der Waals surface area contributed by atoms with Crippen molar-refractivity contribution in [2.24, 2.45) is 0 Å². The Morgan fingerprint density at radius 3 is 2.69 bits per heavy atom. The number of rotatable bonds is 5. The first-order valence-corrected chi connectivity index (χ1v) is 5.27. The third-order valence-corrected chi connectivity index (χ3v) is 2.79. The van der Waals surface area contributed by atoms with E-state index in [1.54, 1.807) is 0 Å². The fraction of sp³-hybridized carbons (Fsp3) is 1.00. The van der Waals surface area contributed by atoms with Gasteiger partial charge in [0, 0.05) is 26.2 Å². The molecule has 1 heterocycles. The third kappa shape index (κ3) is 2.66. The van der Waals surface area contributed by atoms with Crippen molar-refractivity contribution in [3.63, 3.8) is 0 Å². The Balaban J connectivity index is 2.49. The van der Waals surface area contributed by atoms with Crippen LogP contribution in [0.4, 0.5) is 0 Å². The van der Waals surface area contributed by atoms with Crippen LogP contribution >= 0.6 is 0 Å². The lowest BCUT2D eigenvalue weighted by molar-refractivity contribution is -0.0281. The highest BCUT2D eigenvalue weighted by Crippen LogP contribution is 2.24. The molecule has 0 aromatic carbocycles. The molecule has 0 aliphatic carbocycles. The molecular formula is C10H22N2O. The van der Waals surface area contributed by atoms with Crippen LogP contribution < -0.4 is 5.32 Å². The van der Waals surface area contributed by atoms with Gasteiger partial charge in [-0.3, -0.25) is 0 Å². The van der Waals surface area contributed by atoms with Gasteiger partial charge in [-0.2, -0.15) is 0 Å². The van der Waals surface area contributed by atoms with Gasteiger partial charge in [0.2, 0.25) is 0 Å². The van der Waals surface area contributed by atoms with E-state index < -0.39 is 0 Å². The molecule has 13 heavy (non-hydrogen) atoms. The minimum atomic E-state index is 0.0828. The van der Waals surface area contributed by atoms with Crippen molar-refractivity contribution in [3.8, 4) is 0 Å². The van der Waals surface area contributed by atoms with Crippen LogP contribution in [0.1, 0.15) is 20.3 Å². The molecule has 3 nitrogen and oxygen atoms in total. The van der Waals surface area contributed by atoms with Gasteiger partial charge in [-0.1, -0.05) is 6.92 Å². The maximum absolute atomic E-state index is 5.86. The molecule has 78 valence electrons. The second-order valence-corrected chi connectivity index (χ2v) is 3.77. The van der Waals surface area contributed by atoms with E-state index in [4.69, 9.17) is 4.74 Å². The number of nitrogens with one attached hydrogen (secondary N) is 1. The molecule has 1 N–H and O–H groups in total. The number of likely N-dealkylation sites (tertiary alicyclic amines) is 1. The number of hydrogen-bond donors (Lipinski definition) is 1. The van der Waals surface area contributed by atoms with E-state index in [1.807, 2.05) is 7.05 Å². The Labute approximate surface area is 81.4 Å². The van der Waals surface area contributed by atoms with Crippen molar-refractivity contribution in [2.45, 2.75) is 25.9 Å². The Kier molecular flexibility index (Phi) is 4.16. The molecular weight excluding hydrogens is 164 g/mol. The maximum atomic E-state index is 5.86. The molecule has 1 aliphatic rings. The standard InChI is InChI=1S/C10H22N2O/c1-4-12-7-6-10(9-12,8-11-3)13-5-2/h11H,4-9H2,1-3H3. The Bertz CT molecular complexity index is 144. The molecule has 1 unspecified atom stereocenters. The maximum Gasteiger partial charge on any atom is 0.0944 e. The minimum Gasteiger partial charge on any atom is -0.373 e. The van der Waals surface area contributed by atoms with E-state index >= 15 is 0 Å². The first kappa shape index (κ1) is 11.0. The molecule has 0 radical (unpaired) electrons. The van der Waals surface area contributed by atoms with Crippen molar-refractivity contribution in [2.75, 3.05) is 39.8 Å². The lowest BCUT2D eigenvalue weighted by atomic mass is 10.0. The molecule has 1 atom stereocenters. The van der Waals surface area contributed by atoms with Crippen LogP contribution in [0, 0.1) is 0 Å². The van der Waals surface area contributed by atoms with Crippen LogP contribution in [0.5, 0.6) is 0 Å². The van der Waals surface area contributed by atoms with E-state index in [-0.39, 0.29) is 5.60 Å². The molecule has 1 rings (SSSR count). The lowest BCUT2D eigenvalue weighted by Gasteiger charge is -2.29. The number of hydrogen-bond acceptors (Lipinski definition) is 3. The van der Waals surface area contributed by atoms with Crippen LogP contribution in [0.15, 0.2) is 0 Å². The summed E-state index contributed by atoms with van der Waals surface area (Å²) in [6.45, 7) is 9.47. The van der Waals surface area contributed by atoms with E-state index in [1.165, 1.54) is 6.54 Å². The molecule has 1 aliphatic heterocycles. The topological polar surface area (TPSA) is 24.5 Å². The van der Waals surface area contributed by atoms with Crippen LogP contribution in [0.3, 0.4) is 0 Å². The third-order valence-electron chi connectivity index (χ3n) is 2.79. The predicted octanol–water partition coefficient (Wildman–Crippen LogP) is 0.707. The zero-order valence-electron chi connectivity index (χ0n) is 9.10. The fourth-order valence-corrected chi connectivity index (χ4v) is 2.14. The second-order valence-electron chi connectivity index (χ2n) is 3.77. The normalized spacial score (nSPS) is 29.8. The number of nitrogens with zero attached hydrogens (tertiary/aromatic N) is 1. The van der Waals surface area contributed by atoms with Crippen molar-refractivity contribution in [3.05, 3.63) is 0 Å². The van der Waals surface area contributed by atoms with Crippen molar-refractivity contribution in [1.29, 1.82) is 0 Å². The van der Waals surface area contributed by atoms with Crippen LogP contribution in [0.2, 0.25) is 0 Å². The summed E-state index contributed by atoms with van der Waals surface area (Å²) in [6, 6.07) is 0. The van der Waals surface area contributed by atoms with Gasteiger partial charge in [0.25, 0.3) is 0 Å². The van der Waals surface area contributed by atoms with Crippen LogP contribution in [-0.4, -0.2) is 50.3 Å². The highest BCUT2D eigenvalue weighted by atomic mass is 16.5. The summed E-state index contributed by atoms with van der Waals surface area (Å²) in [7, 11) is 2.00. The van der Waals surface area contributed by atoms with Gasteiger partial charge in [0.05, 0.1) is 5.60 Å². The number of ether oxygens (including phenoxy) is 1. The highest BCUT2D eigenvalue weighted by molar-refractivity contribution is 4.92. The van der Waals surface area contributed by atoms with Crippen molar-refractivity contribution in [1.82, 2.24) is 10.2 Å². The lowest BCUT2D eigenvalue weighted by Crippen LogP contribution is -2.44. The van der Waals surface area contributed by atoms with E-state index in [0.717, 1.165) is 32.7 Å². The van der Waals surface area contributed by atoms with Crippen molar-refractivity contribution < 1.29 is 4.74 Å². The average molecular weight is 186 g/mol. The largest absolute Gasteiger partial charge is 0.373 e. The Morgan fingerprint density at radius 2 is 2.23 bits per heavy atom. The van der Waals surface area contributed by atoms with Gasteiger partial charge in [-0.15, -0.1) is 0 Å². The highest BCUT2D eigenvalue weighted by Gasteiger charge is 2.37. The van der Waals surface area contributed by atoms with Gasteiger partial charge in [-0.05, 0) is 26.9 Å². The first-order chi connectivity index (χ1) is 6.26. The molecule has 0 spiro atoms. The molecule has 0 saturated carbocycles. The summed E-state index contributed by atoms with van der Waals surface area (Å²) in [6.07, 6.45) is 1.16. The van der Waals surface area contributed by atoms with Crippen LogP contribution in [0.25, 0.3) is 0 Å². The molecule has 3 heteroatoms. The summed E-state index contributed by atoms with van der Waals surface area (Å²) in [5.74, 6) is 0. The molecule has 0 amide bonds. The summed E-state index contributed by atoms with van der Waals surface area (Å²) < 4.78 is 5.86. The predicted molar refractivity (Wildman–Crippen MR) is 55.0 cm³/mol. The molecule has 0 bridgehead atoms. The van der Waals surface area contributed by atoms with Crippen molar-refractivity contribution >= 4 is 0 Å². The summed E-state index contributed by atoms with van der Waals surface area (Å²) in [4.78, 5) is 2.45.